The summed E-state index contributed by atoms with van der Waals surface area (Å²) in [5.41, 5.74) is 6.69. The number of hydrogen-bond acceptors (Lipinski definition) is 4. The lowest BCUT2D eigenvalue weighted by molar-refractivity contribution is 0.0545. The maximum atomic E-state index is 5.71. The van der Waals surface area contributed by atoms with E-state index in [1.54, 1.807) is 7.11 Å². The number of rotatable bonds is 8. The predicted octanol–water partition coefficient (Wildman–Crippen LogP) is 2.76. The Kier molecular flexibility index (Phi) is 7.20. The first-order valence-electron chi connectivity index (χ1n) is 6.39. The average molecular weight is 332 g/mol. The normalized spacial score (nSPS) is 10.8. The third-order valence-electron chi connectivity index (χ3n) is 2.50. The van der Waals surface area contributed by atoms with Crippen LogP contribution in [0.25, 0.3) is 0 Å². The van der Waals surface area contributed by atoms with Crippen molar-refractivity contribution in [3.8, 4) is 11.5 Å². The summed E-state index contributed by atoms with van der Waals surface area (Å²) >= 11 is 3.50. The Labute approximate surface area is 123 Å². The third kappa shape index (κ3) is 5.38. The predicted molar refractivity (Wildman–Crippen MR) is 80.0 cm³/mol. The van der Waals surface area contributed by atoms with Gasteiger partial charge in [0, 0.05) is 0 Å². The fraction of sp³-hybridized carbons (Fsp3) is 0.571. The van der Waals surface area contributed by atoms with E-state index >= 15 is 0 Å². The van der Waals surface area contributed by atoms with E-state index in [1.807, 2.05) is 26.0 Å². The van der Waals surface area contributed by atoms with Gasteiger partial charge in [0.1, 0.15) is 6.61 Å². The average Bonchev–Trinajstić information content (AvgIpc) is 2.36. The van der Waals surface area contributed by atoms with Gasteiger partial charge in [-0.3, -0.25) is 0 Å². The third-order valence-corrected chi connectivity index (χ3v) is 3.09. The first-order valence-corrected chi connectivity index (χ1v) is 7.18. The minimum atomic E-state index is 0.209. The minimum Gasteiger partial charge on any atom is -0.493 e. The molecule has 0 radical (unpaired) electrons. The van der Waals surface area contributed by atoms with Crippen LogP contribution >= 0.6 is 15.9 Å². The van der Waals surface area contributed by atoms with Crippen molar-refractivity contribution in [1.29, 1.82) is 0 Å². The maximum absolute atomic E-state index is 5.71. The van der Waals surface area contributed by atoms with Crippen molar-refractivity contribution in [3.05, 3.63) is 22.2 Å². The lowest BCUT2D eigenvalue weighted by Crippen LogP contribution is -2.12. The second-order valence-corrected chi connectivity index (χ2v) is 5.27. The number of benzene rings is 1. The Balaban J connectivity index is 2.70. The first-order chi connectivity index (χ1) is 9.08. The van der Waals surface area contributed by atoms with Crippen molar-refractivity contribution in [3.63, 3.8) is 0 Å². The van der Waals surface area contributed by atoms with Gasteiger partial charge in [-0.1, -0.05) is 0 Å². The number of hydrogen-bond donors (Lipinski definition) is 1. The van der Waals surface area contributed by atoms with Crippen LogP contribution in [0.1, 0.15) is 19.4 Å². The zero-order valence-electron chi connectivity index (χ0n) is 11.7. The molecule has 0 aliphatic heterocycles. The molecule has 0 aromatic heterocycles. The summed E-state index contributed by atoms with van der Waals surface area (Å²) in [6.45, 7) is 5.65. The molecule has 1 aromatic carbocycles. The molecule has 0 aliphatic rings. The molecule has 0 atom stereocenters. The van der Waals surface area contributed by atoms with Crippen LogP contribution in [0.2, 0.25) is 0 Å². The topological polar surface area (TPSA) is 53.7 Å². The van der Waals surface area contributed by atoms with Crippen molar-refractivity contribution < 1.29 is 14.2 Å². The number of nitrogens with two attached hydrogens (primary N) is 1. The van der Waals surface area contributed by atoms with Crippen molar-refractivity contribution in [2.24, 2.45) is 5.73 Å². The Morgan fingerprint density at radius 1 is 1.26 bits per heavy atom. The number of halogens is 1. The summed E-state index contributed by atoms with van der Waals surface area (Å²) in [5, 5.41) is 0. The van der Waals surface area contributed by atoms with E-state index in [0.29, 0.717) is 31.3 Å². The lowest BCUT2D eigenvalue weighted by Gasteiger charge is -2.15. The second kappa shape index (κ2) is 8.40. The van der Waals surface area contributed by atoms with Gasteiger partial charge < -0.3 is 19.9 Å². The van der Waals surface area contributed by atoms with Gasteiger partial charge in [-0.05, 0) is 60.4 Å². The van der Waals surface area contributed by atoms with Gasteiger partial charge in [0.15, 0.2) is 11.5 Å². The highest BCUT2D eigenvalue weighted by atomic mass is 79.9. The van der Waals surface area contributed by atoms with Crippen LogP contribution in [0.3, 0.4) is 0 Å². The first kappa shape index (κ1) is 16.3. The van der Waals surface area contributed by atoms with Gasteiger partial charge in [0.25, 0.3) is 0 Å². The van der Waals surface area contributed by atoms with Crippen molar-refractivity contribution in [2.75, 3.05) is 26.9 Å². The second-order valence-electron chi connectivity index (χ2n) is 4.42. The Bertz CT molecular complexity index is 397. The van der Waals surface area contributed by atoms with E-state index in [0.717, 1.165) is 16.5 Å². The van der Waals surface area contributed by atoms with E-state index in [2.05, 4.69) is 15.9 Å². The fourth-order valence-corrected chi connectivity index (χ4v) is 2.26. The van der Waals surface area contributed by atoms with E-state index in [1.165, 1.54) is 0 Å². The van der Waals surface area contributed by atoms with Gasteiger partial charge >= 0.3 is 0 Å². The molecule has 5 heteroatoms. The molecule has 19 heavy (non-hydrogen) atoms. The molecule has 0 saturated carbocycles. The molecule has 0 aliphatic carbocycles. The quantitative estimate of drug-likeness (QED) is 0.744. The Morgan fingerprint density at radius 3 is 2.58 bits per heavy atom. The molecular weight excluding hydrogens is 310 g/mol. The molecule has 0 unspecified atom stereocenters. The van der Waals surface area contributed by atoms with E-state index < -0.39 is 0 Å². The summed E-state index contributed by atoms with van der Waals surface area (Å²) in [5.74, 6) is 1.41. The van der Waals surface area contributed by atoms with E-state index in [4.69, 9.17) is 19.9 Å². The lowest BCUT2D eigenvalue weighted by atomic mass is 10.1. The molecular formula is C14H22BrNO3. The molecule has 0 saturated heterocycles. The Morgan fingerprint density at radius 2 is 2.00 bits per heavy atom. The summed E-state index contributed by atoms with van der Waals surface area (Å²) in [6.07, 6.45) is 1.02. The molecule has 0 fully saturated rings. The maximum Gasteiger partial charge on any atom is 0.175 e. The van der Waals surface area contributed by atoms with Crippen LogP contribution in [0.15, 0.2) is 16.6 Å². The van der Waals surface area contributed by atoms with Gasteiger partial charge in [-0.15, -0.1) is 0 Å². The zero-order chi connectivity index (χ0) is 14.3. The van der Waals surface area contributed by atoms with Crippen molar-refractivity contribution >= 4 is 15.9 Å². The van der Waals surface area contributed by atoms with Crippen LogP contribution in [0.4, 0.5) is 0 Å². The number of ether oxygens (including phenoxy) is 3. The molecule has 0 bridgehead atoms. The molecule has 2 N–H and O–H groups in total. The van der Waals surface area contributed by atoms with Gasteiger partial charge in [0.2, 0.25) is 0 Å². The van der Waals surface area contributed by atoms with Crippen molar-refractivity contribution in [1.82, 2.24) is 0 Å². The molecule has 1 aromatic rings. The van der Waals surface area contributed by atoms with Crippen molar-refractivity contribution in [2.45, 2.75) is 26.4 Å². The minimum absolute atomic E-state index is 0.209. The fourth-order valence-electron chi connectivity index (χ4n) is 1.65. The van der Waals surface area contributed by atoms with Gasteiger partial charge in [-0.2, -0.15) is 0 Å². The molecule has 1 rings (SSSR count). The van der Waals surface area contributed by atoms with Crippen LogP contribution in [-0.2, 0) is 11.2 Å². The molecule has 0 spiro atoms. The molecule has 0 amide bonds. The smallest absolute Gasteiger partial charge is 0.175 e. The molecule has 4 nitrogen and oxygen atoms in total. The van der Waals surface area contributed by atoms with Crippen LogP contribution in [0.5, 0.6) is 11.5 Å². The SMILES string of the molecule is COc1cc(CCN)cc(Br)c1OCCOC(C)C. The van der Waals surface area contributed by atoms with Gasteiger partial charge in [-0.25, -0.2) is 0 Å². The van der Waals surface area contributed by atoms with E-state index in [9.17, 15) is 0 Å². The highest BCUT2D eigenvalue weighted by Crippen LogP contribution is 2.36. The summed E-state index contributed by atoms with van der Waals surface area (Å²) in [7, 11) is 1.63. The monoisotopic (exact) mass is 331 g/mol. The van der Waals surface area contributed by atoms with Crippen LogP contribution in [-0.4, -0.2) is 33.0 Å². The molecule has 108 valence electrons. The van der Waals surface area contributed by atoms with E-state index in [-0.39, 0.29) is 6.10 Å². The largest absolute Gasteiger partial charge is 0.493 e. The van der Waals surface area contributed by atoms with Crippen LogP contribution < -0.4 is 15.2 Å². The standard InChI is InChI=1S/C14H22BrNO3/c1-10(2)18-6-7-19-14-12(15)8-11(4-5-16)9-13(14)17-3/h8-10H,4-7,16H2,1-3H3. The Hall–Kier alpha value is -0.780. The molecule has 0 heterocycles. The summed E-state index contributed by atoms with van der Waals surface area (Å²) in [4.78, 5) is 0. The van der Waals surface area contributed by atoms with Gasteiger partial charge in [0.05, 0.1) is 24.3 Å². The number of methoxy groups -OCH3 is 1. The highest BCUT2D eigenvalue weighted by Gasteiger charge is 2.11. The van der Waals surface area contributed by atoms with Crippen LogP contribution in [0, 0.1) is 0 Å². The zero-order valence-corrected chi connectivity index (χ0v) is 13.3. The summed E-state index contributed by atoms with van der Waals surface area (Å²) in [6, 6.07) is 3.96. The highest BCUT2D eigenvalue weighted by molar-refractivity contribution is 9.10. The summed E-state index contributed by atoms with van der Waals surface area (Å²) < 4.78 is 17.4.